The van der Waals surface area contributed by atoms with E-state index >= 15 is 0 Å². The van der Waals surface area contributed by atoms with Gasteiger partial charge in [-0.25, -0.2) is 4.98 Å². The molecule has 0 atom stereocenters. The molecule has 0 saturated heterocycles. The molecular formula is C15H18ClNO. The third-order valence-corrected chi connectivity index (χ3v) is 3.14. The molecule has 2 rings (SSSR count). The number of nitrogens with zero attached hydrogens (tertiary/aromatic N) is 1. The highest BCUT2D eigenvalue weighted by Gasteiger charge is 2.08. The zero-order valence-corrected chi connectivity index (χ0v) is 11.6. The standard InChI is InChI=1S/C15H18ClNO/c1-3-6-12-10-11-7-5-8-13(18-9-4-2)14(11)17-15(12)16/h5,7-8,10H,3-4,6,9H2,1-2H3. The quantitative estimate of drug-likeness (QED) is 0.734. The Morgan fingerprint density at radius 3 is 2.78 bits per heavy atom. The highest BCUT2D eigenvalue weighted by Crippen LogP contribution is 2.28. The normalized spacial score (nSPS) is 10.8. The van der Waals surface area contributed by atoms with Crippen LogP contribution in [0.1, 0.15) is 32.3 Å². The Bertz CT molecular complexity index is 539. The summed E-state index contributed by atoms with van der Waals surface area (Å²) in [6.07, 6.45) is 3.01. The van der Waals surface area contributed by atoms with Crippen molar-refractivity contribution in [2.24, 2.45) is 0 Å². The van der Waals surface area contributed by atoms with Gasteiger partial charge in [0, 0.05) is 5.39 Å². The molecule has 0 unspecified atom stereocenters. The fourth-order valence-corrected chi connectivity index (χ4v) is 2.20. The number of hydrogen-bond donors (Lipinski definition) is 0. The first-order valence-corrected chi connectivity index (χ1v) is 6.85. The highest BCUT2D eigenvalue weighted by molar-refractivity contribution is 6.30. The van der Waals surface area contributed by atoms with Crippen LogP contribution in [0.5, 0.6) is 5.75 Å². The molecular weight excluding hydrogens is 246 g/mol. The van der Waals surface area contributed by atoms with Crippen LogP contribution >= 0.6 is 11.6 Å². The number of benzene rings is 1. The largest absolute Gasteiger partial charge is 0.491 e. The second-order valence-electron chi connectivity index (χ2n) is 4.36. The summed E-state index contributed by atoms with van der Waals surface area (Å²) < 4.78 is 5.70. The van der Waals surface area contributed by atoms with E-state index < -0.39 is 0 Å². The molecule has 18 heavy (non-hydrogen) atoms. The van der Waals surface area contributed by atoms with Crippen molar-refractivity contribution in [3.63, 3.8) is 0 Å². The van der Waals surface area contributed by atoms with Crippen LogP contribution in [0.2, 0.25) is 5.15 Å². The summed E-state index contributed by atoms with van der Waals surface area (Å²) in [5.74, 6) is 0.819. The maximum Gasteiger partial charge on any atom is 0.145 e. The van der Waals surface area contributed by atoms with Crippen LogP contribution in [0.25, 0.3) is 10.9 Å². The van der Waals surface area contributed by atoms with Crippen molar-refractivity contribution in [3.05, 3.63) is 35.0 Å². The molecule has 0 aliphatic carbocycles. The first kappa shape index (κ1) is 13.2. The van der Waals surface area contributed by atoms with E-state index in [9.17, 15) is 0 Å². The lowest BCUT2D eigenvalue weighted by Gasteiger charge is -2.10. The zero-order chi connectivity index (χ0) is 13.0. The Kier molecular flexibility index (Phi) is 4.43. The summed E-state index contributed by atoms with van der Waals surface area (Å²) in [7, 11) is 0. The van der Waals surface area contributed by atoms with Gasteiger partial charge >= 0.3 is 0 Å². The SMILES string of the molecule is CCCOc1cccc2cc(CCC)c(Cl)nc12. The van der Waals surface area contributed by atoms with E-state index in [0.717, 1.165) is 41.5 Å². The summed E-state index contributed by atoms with van der Waals surface area (Å²) in [6, 6.07) is 8.11. The van der Waals surface area contributed by atoms with Crippen molar-refractivity contribution in [3.8, 4) is 5.75 Å². The number of pyridine rings is 1. The molecule has 0 spiro atoms. The summed E-state index contributed by atoms with van der Waals surface area (Å²) in [6.45, 7) is 4.93. The minimum atomic E-state index is 0.594. The van der Waals surface area contributed by atoms with Crippen molar-refractivity contribution >= 4 is 22.5 Å². The molecule has 2 aromatic rings. The van der Waals surface area contributed by atoms with Crippen LogP contribution in [0, 0.1) is 0 Å². The number of fused-ring (bicyclic) bond motifs is 1. The molecule has 2 nitrogen and oxygen atoms in total. The second-order valence-corrected chi connectivity index (χ2v) is 4.72. The number of rotatable bonds is 5. The van der Waals surface area contributed by atoms with Crippen LogP contribution in [0.4, 0.5) is 0 Å². The maximum atomic E-state index is 6.22. The summed E-state index contributed by atoms with van der Waals surface area (Å²) in [5, 5.41) is 1.69. The molecule has 96 valence electrons. The van der Waals surface area contributed by atoms with E-state index in [1.54, 1.807) is 0 Å². The van der Waals surface area contributed by atoms with Gasteiger partial charge in [0.25, 0.3) is 0 Å². The van der Waals surface area contributed by atoms with Crippen LogP contribution in [-0.4, -0.2) is 11.6 Å². The van der Waals surface area contributed by atoms with Crippen molar-refractivity contribution in [2.75, 3.05) is 6.61 Å². The molecule has 0 saturated carbocycles. The number of hydrogen-bond acceptors (Lipinski definition) is 2. The molecule has 0 aliphatic heterocycles. The molecule has 1 aromatic carbocycles. The van der Waals surface area contributed by atoms with Gasteiger partial charge < -0.3 is 4.74 Å². The topological polar surface area (TPSA) is 22.1 Å². The van der Waals surface area contributed by atoms with Gasteiger partial charge in [-0.3, -0.25) is 0 Å². The zero-order valence-electron chi connectivity index (χ0n) is 10.9. The third-order valence-electron chi connectivity index (χ3n) is 2.82. The lowest BCUT2D eigenvalue weighted by Crippen LogP contribution is -1.98. The van der Waals surface area contributed by atoms with Crippen LogP contribution in [0.3, 0.4) is 0 Å². The lowest BCUT2D eigenvalue weighted by molar-refractivity contribution is 0.320. The molecule has 0 aliphatic rings. The summed E-state index contributed by atoms with van der Waals surface area (Å²) in [4.78, 5) is 4.49. The van der Waals surface area contributed by atoms with Gasteiger partial charge in [0.15, 0.2) is 0 Å². The predicted molar refractivity (Wildman–Crippen MR) is 76.5 cm³/mol. The second kappa shape index (κ2) is 6.05. The average Bonchev–Trinajstić information content (AvgIpc) is 2.38. The minimum absolute atomic E-state index is 0.594. The number of halogens is 1. The fraction of sp³-hybridized carbons (Fsp3) is 0.400. The molecule has 0 bridgehead atoms. The van der Waals surface area contributed by atoms with E-state index in [1.165, 1.54) is 0 Å². The van der Waals surface area contributed by atoms with E-state index in [1.807, 2.05) is 12.1 Å². The Morgan fingerprint density at radius 1 is 1.22 bits per heavy atom. The van der Waals surface area contributed by atoms with Crippen molar-refractivity contribution in [1.29, 1.82) is 0 Å². The number of ether oxygens (including phenoxy) is 1. The molecule has 0 N–H and O–H groups in total. The molecule has 1 aromatic heterocycles. The van der Waals surface area contributed by atoms with Crippen LogP contribution < -0.4 is 4.74 Å². The van der Waals surface area contributed by atoms with E-state index in [4.69, 9.17) is 16.3 Å². The lowest BCUT2D eigenvalue weighted by atomic mass is 10.1. The number of aryl methyl sites for hydroxylation is 1. The Morgan fingerprint density at radius 2 is 2.06 bits per heavy atom. The number of aromatic nitrogens is 1. The molecule has 0 fully saturated rings. The summed E-state index contributed by atoms with van der Waals surface area (Å²) >= 11 is 6.22. The van der Waals surface area contributed by atoms with Crippen LogP contribution in [-0.2, 0) is 6.42 Å². The van der Waals surface area contributed by atoms with Gasteiger partial charge in [0.05, 0.1) is 6.61 Å². The van der Waals surface area contributed by atoms with Gasteiger partial charge in [-0.2, -0.15) is 0 Å². The first-order valence-electron chi connectivity index (χ1n) is 6.47. The Hall–Kier alpha value is -1.28. The molecule has 0 radical (unpaired) electrons. The summed E-state index contributed by atoms with van der Waals surface area (Å²) in [5.41, 5.74) is 1.97. The van der Waals surface area contributed by atoms with E-state index in [0.29, 0.717) is 11.8 Å². The monoisotopic (exact) mass is 263 g/mol. The van der Waals surface area contributed by atoms with E-state index in [2.05, 4.69) is 31.0 Å². The predicted octanol–water partition coefficient (Wildman–Crippen LogP) is 4.63. The Balaban J connectivity index is 2.46. The smallest absolute Gasteiger partial charge is 0.145 e. The van der Waals surface area contributed by atoms with Gasteiger partial charge in [0.1, 0.15) is 16.4 Å². The van der Waals surface area contributed by atoms with E-state index in [-0.39, 0.29) is 0 Å². The highest BCUT2D eigenvalue weighted by atomic mass is 35.5. The fourth-order valence-electron chi connectivity index (χ4n) is 1.97. The van der Waals surface area contributed by atoms with Crippen molar-refractivity contribution < 1.29 is 4.74 Å². The maximum absolute atomic E-state index is 6.22. The van der Waals surface area contributed by atoms with Gasteiger partial charge in [-0.15, -0.1) is 0 Å². The van der Waals surface area contributed by atoms with Crippen LogP contribution in [0.15, 0.2) is 24.3 Å². The third kappa shape index (κ3) is 2.75. The Labute approximate surface area is 113 Å². The van der Waals surface area contributed by atoms with Crippen molar-refractivity contribution in [2.45, 2.75) is 33.1 Å². The van der Waals surface area contributed by atoms with Gasteiger partial charge in [-0.1, -0.05) is 44.0 Å². The van der Waals surface area contributed by atoms with Gasteiger partial charge in [-0.05, 0) is 30.5 Å². The number of para-hydroxylation sites is 1. The molecule has 0 amide bonds. The first-order chi connectivity index (χ1) is 8.76. The molecule has 3 heteroatoms. The molecule has 1 heterocycles. The van der Waals surface area contributed by atoms with Crippen molar-refractivity contribution in [1.82, 2.24) is 4.98 Å². The minimum Gasteiger partial charge on any atom is -0.491 e. The van der Waals surface area contributed by atoms with Gasteiger partial charge in [0.2, 0.25) is 0 Å². The average molecular weight is 264 g/mol.